The Morgan fingerprint density at radius 1 is 1.44 bits per heavy atom. The van der Waals surface area contributed by atoms with Gasteiger partial charge < -0.3 is 10.6 Å². The lowest BCUT2D eigenvalue weighted by molar-refractivity contribution is -0.130. The van der Waals surface area contributed by atoms with Crippen molar-refractivity contribution in [2.45, 2.75) is 51.6 Å². The number of carbonyl (C=O) groups excluding carboxylic acids is 1. The first kappa shape index (κ1) is 13.8. The first-order valence-corrected chi connectivity index (χ1v) is 7.39. The van der Waals surface area contributed by atoms with Gasteiger partial charge in [-0.1, -0.05) is 6.92 Å². The number of likely N-dealkylation sites (tertiary alicyclic amines) is 2. The first-order chi connectivity index (χ1) is 8.65. The van der Waals surface area contributed by atoms with Crippen LogP contribution < -0.4 is 5.73 Å². The third-order valence-electron chi connectivity index (χ3n) is 4.65. The monoisotopic (exact) mass is 253 g/mol. The van der Waals surface area contributed by atoms with Crippen LogP contribution >= 0.6 is 0 Å². The minimum Gasteiger partial charge on any atom is -0.338 e. The van der Waals surface area contributed by atoms with Crippen LogP contribution in [-0.4, -0.2) is 54.0 Å². The van der Waals surface area contributed by atoms with Crippen molar-refractivity contribution in [1.29, 1.82) is 0 Å². The number of piperidine rings is 1. The minimum absolute atomic E-state index is 0.321. The minimum atomic E-state index is 0.321. The molecule has 4 heteroatoms. The maximum Gasteiger partial charge on any atom is 0.223 e. The number of amides is 1. The molecule has 2 aliphatic heterocycles. The normalized spacial score (nSPS) is 31.9. The molecule has 0 spiro atoms. The fourth-order valence-electron chi connectivity index (χ4n) is 3.22. The lowest BCUT2D eigenvalue weighted by Gasteiger charge is -2.40. The molecule has 3 atom stereocenters. The Morgan fingerprint density at radius 2 is 2.22 bits per heavy atom. The van der Waals surface area contributed by atoms with Gasteiger partial charge in [0.15, 0.2) is 0 Å². The van der Waals surface area contributed by atoms with Gasteiger partial charge in [0.1, 0.15) is 0 Å². The summed E-state index contributed by atoms with van der Waals surface area (Å²) in [5, 5.41) is 0. The maximum atomic E-state index is 12.0. The highest BCUT2D eigenvalue weighted by atomic mass is 16.2. The molecule has 104 valence electrons. The fraction of sp³-hybridized carbons (Fsp3) is 0.929. The summed E-state index contributed by atoms with van der Waals surface area (Å²) < 4.78 is 0. The molecule has 0 aliphatic carbocycles. The van der Waals surface area contributed by atoms with E-state index in [0.717, 1.165) is 19.5 Å². The van der Waals surface area contributed by atoms with E-state index in [9.17, 15) is 4.79 Å². The van der Waals surface area contributed by atoms with Crippen molar-refractivity contribution < 1.29 is 4.79 Å². The topological polar surface area (TPSA) is 49.6 Å². The van der Waals surface area contributed by atoms with Crippen molar-refractivity contribution in [1.82, 2.24) is 9.80 Å². The predicted molar refractivity (Wildman–Crippen MR) is 73.2 cm³/mol. The number of hydrogen-bond donors (Lipinski definition) is 1. The quantitative estimate of drug-likeness (QED) is 0.815. The van der Waals surface area contributed by atoms with E-state index in [1.807, 2.05) is 0 Å². The van der Waals surface area contributed by atoms with Gasteiger partial charge in [-0.25, -0.2) is 0 Å². The fourth-order valence-corrected chi connectivity index (χ4v) is 3.22. The average molecular weight is 253 g/mol. The van der Waals surface area contributed by atoms with Crippen LogP contribution in [0.25, 0.3) is 0 Å². The second-order valence-corrected chi connectivity index (χ2v) is 5.90. The van der Waals surface area contributed by atoms with Crippen LogP contribution in [0.4, 0.5) is 0 Å². The van der Waals surface area contributed by atoms with Crippen molar-refractivity contribution in [2.75, 3.05) is 26.2 Å². The van der Waals surface area contributed by atoms with E-state index in [2.05, 4.69) is 23.6 Å². The molecule has 3 unspecified atom stereocenters. The second-order valence-electron chi connectivity index (χ2n) is 5.90. The zero-order chi connectivity index (χ0) is 13.1. The first-order valence-electron chi connectivity index (χ1n) is 7.39. The van der Waals surface area contributed by atoms with Crippen LogP contribution in [-0.2, 0) is 4.79 Å². The molecule has 2 saturated heterocycles. The third kappa shape index (κ3) is 2.86. The van der Waals surface area contributed by atoms with Gasteiger partial charge in [-0.3, -0.25) is 9.69 Å². The van der Waals surface area contributed by atoms with E-state index in [4.69, 9.17) is 5.73 Å². The number of rotatable bonds is 4. The van der Waals surface area contributed by atoms with Crippen molar-refractivity contribution in [3.8, 4) is 0 Å². The molecule has 2 heterocycles. The molecule has 0 radical (unpaired) electrons. The van der Waals surface area contributed by atoms with Crippen molar-refractivity contribution in [2.24, 2.45) is 11.7 Å². The van der Waals surface area contributed by atoms with Crippen LogP contribution in [0.15, 0.2) is 0 Å². The van der Waals surface area contributed by atoms with Crippen LogP contribution in [0.2, 0.25) is 0 Å². The highest BCUT2D eigenvalue weighted by Gasteiger charge is 2.36. The van der Waals surface area contributed by atoms with Crippen LogP contribution in [0.1, 0.15) is 39.5 Å². The molecule has 1 amide bonds. The van der Waals surface area contributed by atoms with E-state index < -0.39 is 0 Å². The summed E-state index contributed by atoms with van der Waals surface area (Å²) >= 11 is 0. The van der Waals surface area contributed by atoms with Gasteiger partial charge in [0.05, 0.1) is 0 Å². The number of carbonyl (C=O) groups is 1. The molecule has 4 nitrogen and oxygen atoms in total. The number of nitrogens with zero attached hydrogens (tertiary/aromatic N) is 2. The zero-order valence-corrected chi connectivity index (χ0v) is 11.8. The van der Waals surface area contributed by atoms with E-state index in [1.165, 1.54) is 19.4 Å². The molecule has 0 aromatic rings. The molecule has 2 N–H and O–H groups in total. The Hall–Kier alpha value is -0.610. The van der Waals surface area contributed by atoms with E-state index in [1.54, 1.807) is 0 Å². The van der Waals surface area contributed by atoms with Gasteiger partial charge in [0.25, 0.3) is 0 Å². The lowest BCUT2D eigenvalue weighted by Crippen LogP contribution is -2.51. The molecular weight excluding hydrogens is 226 g/mol. The van der Waals surface area contributed by atoms with Gasteiger partial charge in [-0.15, -0.1) is 0 Å². The highest BCUT2D eigenvalue weighted by molar-refractivity contribution is 5.79. The standard InChI is InChI=1S/C14H27N3O/c1-3-11(2)16-6-4-5-13(10-16)17-9-12(8-15)7-14(17)18/h11-13H,3-10,15H2,1-2H3. The van der Waals surface area contributed by atoms with Gasteiger partial charge in [-0.05, 0) is 45.2 Å². The molecule has 0 aromatic carbocycles. The molecule has 2 aliphatic rings. The summed E-state index contributed by atoms with van der Waals surface area (Å²) in [6.45, 7) is 8.29. The van der Waals surface area contributed by atoms with E-state index in [0.29, 0.717) is 36.9 Å². The van der Waals surface area contributed by atoms with Crippen molar-refractivity contribution in [3.05, 3.63) is 0 Å². The van der Waals surface area contributed by atoms with Gasteiger partial charge >= 0.3 is 0 Å². The SMILES string of the molecule is CCC(C)N1CCCC(N2CC(CN)CC2=O)C1. The Labute approximate surface area is 110 Å². The molecule has 2 fully saturated rings. The molecule has 18 heavy (non-hydrogen) atoms. The summed E-state index contributed by atoms with van der Waals surface area (Å²) in [6.07, 6.45) is 4.23. The number of hydrogen-bond acceptors (Lipinski definition) is 3. The lowest BCUT2D eigenvalue weighted by atomic mass is 10.0. The summed E-state index contributed by atoms with van der Waals surface area (Å²) in [5.74, 6) is 0.706. The Balaban J connectivity index is 1.94. The van der Waals surface area contributed by atoms with Gasteiger partial charge in [-0.2, -0.15) is 0 Å². The molecule has 0 aromatic heterocycles. The Kier molecular flexibility index (Phi) is 4.62. The molecule has 2 rings (SSSR count). The summed E-state index contributed by atoms with van der Waals surface area (Å²) in [5.41, 5.74) is 5.70. The zero-order valence-electron chi connectivity index (χ0n) is 11.8. The van der Waals surface area contributed by atoms with Crippen LogP contribution in [0.3, 0.4) is 0 Å². The van der Waals surface area contributed by atoms with Gasteiger partial charge in [0, 0.05) is 31.6 Å². The molecular formula is C14H27N3O. The summed E-state index contributed by atoms with van der Waals surface area (Å²) in [7, 11) is 0. The number of nitrogens with two attached hydrogens (primary N) is 1. The van der Waals surface area contributed by atoms with E-state index >= 15 is 0 Å². The average Bonchev–Trinajstić information content (AvgIpc) is 2.79. The maximum absolute atomic E-state index is 12.0. The van der Waals surface area contributed by atoms with Gasteiger partial charge in [0.2, 0.25) is 5.91 Å². The molecule has 0 bridgehead atoms. The smallest absolute Gasteiger partial charge is 0.223 e. The summed E-state index contributed by atoms with van der Waals surface area (Å²) in [6, 6.07) is 1.06. The third-order valence-corrected chi connectivity index (χ3v) is 4.65. The Morgan fingerprint density at radius 3 is 2.83 bits per heavy atom. The van der Waals surface area contributed by atoms with Crippen LogP contribution in [0.5, 0.6) is 0 Å². The molecule has 0 saturated carbocycles. The summed E-state index contributed by atoms with van der Waals surface area (Å²) in [4.78, 5) is 16.7. The second kappa shape index (κ2) is 6.02. The van der Waals surface area contributed by atoms with Crippen LogP contribution in [0, 0.1) is 5.92 Å². The predicted octanol–water partition coefficient (Wildman–Crippen LogP) is 1.06. The van der Waals surface area contributed by atoms with Crippen molar-refractivity contribution >= 4 is 5.91 Å². The highest BCUT2D eigenvalue weighted by Crippen LogP contribution is 2.25. The largest absolute Gasteiger partial charge is 0.338 e. The van der Waals surface area contributed by atoms with Crippen molar-refractivity contribution in [3.63, 3.8) is 0 Å². The van der Waals surface area contributed by atoms with E-state index in [-0.39, 0.29) is 0 Å². The Bertz CT molecular complexity index is 295.